The second-order valence-corrected chi connectivity index (χ2v) is 7.86. The molecular formula is C21H29F2N7. The number of aryl methyl sites for hydroxylation is 1. The van der Waals surface area contributed by atoms with Crippen LogP contribution in [0.5, 0.6) is 0 Å². The van der Waals surface area contributed by atoms with Crippen molar-refractivity contribution in [2.75, 3.05) is 24.5 Å². The van der Waals surface area contributed by atoms with E-state index in [0.717, 1.165) is 56.0 Å². The normalized spacial score (nSPS) is 19.5. The van der Waals surface area contributed by atoms with Crippen LogP contribution in [0.25, 0.3) is 0 Å². The van der Waals surface area contributed by atoms with Gasteiger partial charge in [0.15, 0.2) is 11.8 Å². The fraction of sp³-hybridized carbons (Fsp3) is 0.571. The van der Waals surface area contributed by atoms with E-state index < -0.39 is 11.6 Å². The van der Waals surface area contributed by atoms with Crippen LogP contribution in [-0.4, -0.2) is 46.4 Å². The summed E-state index contributed by atoms with van der Waals surface area (Å²) in [7, 11) is 0. The van der Waals surface area contributed by atoms with E-state index in [1.165, 1.54) is 25.0 Å². The average Bonchev–Trinajstić information content (AvgIpc) is 3.26. The fourth-order valence-corrected chi connectivity index (χ4v) is 4.16. The number of rotatable bonds is 5. The molecule has 1 atom stereocenters. The molecule has 1 saturated heterocycles. The van der Waals surface area contributed by atoms with E-state index >= 15 is 0 Å². The van der Waals surface area contributed by atoms with Gasteiger partial charge in [-0.05, 0) is 38.3 Å². The lowest BCUT2D eigenvalue weighted by molar-refractivity contribution is 0.580. The number of aliphatic imine (C=N–C) groups is 1. The summed E-state index contributed by atoms with van der Waals surface area (Å²) in [6.45, 7) is 5.52. The number of nitrogens with one attached hydrogen (secondary N) is 2. The highest BCUT2D eigenvalue weighted by Crippen LogP contribution is 2.24. The third-order valence-electron chi connectivity index (χ3n) is 5.69. The van der Waals surface area contributed by atoms with E-state index in [0.29, 0.717) is 25.3 Å². The number of halogens is 2. The van der Waals surface area contributed by atoms with E-state index in [1.54, 1.807) is 0 Å². The van der Waals surface area contributed by atoms with Crippen molar-refractivity contribution < 1.29 is 8.78 Å². The van der Waals surface area contributed by atoms with Crippen LogP contribution < -0.4 is 15.5 Å². The molecule has 0 radical (unpaired) electrons. The third kappa shape index (κ3) is 4.71. The lowest BCUT2D eigenvalue weighted by Crippen LogP contribution is -2.44. The Hall–Kier alpha value is -2.71. The number of anilines is 1. The van der Waals surface area contributed by atoms with Crippen LogP contribution in [0.3, 0.4) is 0 Å². The van der Waals surface area contributed by atoms with Gasteiger partial charge >= 0.3 is 0 Å². The Kier molecular flexibility index (Phi) is 6.44. The second kappa shape index (κ2) is 9.40. The molecule has 2 N–H and O–H groups in total. The lowest BCUT2D eigenvalue weighted by Gasteiger charge is -2.21. The summed E-state index contributed by atoms with van der Waals surface area (Å²) in [4.78, 5) is 6.65. The molecule has 3 heterocycles. The second-order valence-electron chi connectivity index (χ2n) is 7.86. The zero-order valence-electron chi connectivity index (χ0n) is 17.4. The van der Waals surface area contributed by atoms with Crippen LogP contribution in [0.1, 0.15) is 44.3 Å². The van der Waals surface area contributed by atoms with Gasteiger partial charge in [-0.25, -0.2) is 13.8 Å². The third-order valence-corrected chi connectivity index (χ3v) is 5.69. The molecule has 2 aromatic rings. The summed E-state index contributed by atoms with van der Waals surface area (Å²) in [6, 6.07) is 3.86. The Morgan fingerprint density at radius 3 is 2.93 bits per heavy atom. The number of benzene rings is 1. The van der Waals surface area contributed by atoms with Crippen molar-refractivity contribution in [3.63, 3.8) is 0 Å². The van der Waals surface area contributed by atoms with Crippen molar-refractivity contribution in [3.8, 4) is 0 Å². The molecule has 0 aliphatic carbocycles. The Bertz CT molecular complexity index is 895. The number of aromatic nitrogens is 3. The SMILES string of the molecule is CCNC(=NCc1nnc2n1CCCCC2)NC1CCN(c2ccc(F)cc2F)C1. The van der Waals surface area contributed by atoms with Gasteiger partial charge in [0, 0.05) is 44.7 Å². The molecule has 162 valence electrons. The monoisotopic (exact) mass is 417 g/mol. The molecule has 7 nitrogen and oxygen atoms in total. The largest absolute Gasteiger partial charge is 0.367 e. The average molecular weight is 418 g/mol. The van der Waals surface area contributed by atoms with Gasteiger partial charge in [-0.2, -0.15) is 0 Å². The van der Waals surface area contributed by atoms with Crippen LogP contribution in [0, 0.1) is 11.6 Å². The molecular weight excluding hydrogens is 388 g/mol. The Labute approximate surface area is 175 Å². The van der Waals surface area contributed by atoms with Crippen molar-refractivity contribution in [3.05, 3.63) is 41.5 Å². The van der Waals surface area contributed by atoms with E-state index in [4.69, 9.17) is 4.99 Å². The smallest absolute Gasteiger partial charge is 0.191 e. The van der Waals surface area contributed by atoms with Crippen molar-refractivity contribution >= 4 is 11.6 Å². The first-order chi connectivity index (χ1) is 14.6. The van der Waals surface area contributed by atoms with Crippen LogP contribution in [0.15, 0.2) is 23.2 Å². The predicted octanol–water partition coefficient (Wildman–Crippen LogP) is 2.62. The van der Waals surface area contributed by atoms with Crippen LogP contribution in [0.2, 0.25) is 0 Å². The van der Waals surface area contributed by atoms with Crippen molar-refractivity contribution in [2.45, 2.75) is 58.2 Å². The standard InChI is InChI=1S/C21H29F2N7/c1-2-24-21(25-13-20-28-27-19-6-4-3-5-10-30(19)20)26-16-9-11-29(14-16)18-8-7-15(22)12-17(18)23/h7-8,12,16H,2-6,9-11,13-14H2,1H3,(H2,24,25,26). The quantitative estimate of drug-likeness (QED) is 0.578. The highest BCUT2D eigenvalue weighted by molar-refractivity contribution is 5.80. The molecule has 0 saturated carbocycles. The molecule has 2 aliphatic rings. The molecule has 1 aromatic carbocycles. The summed E-state index contributed by atoms with van der Waals surface area (Å²) >= 11 is 0. The number of guanidine groups is 1. The van der Waals surface area contributed by atoms with Gasteiger partial charge in [0.05, 0.1) is 5.69 Å². The van der Waals surface area contributed by atoms with E-state index in [-0.39, 0.29) is 6.04 Å². The molecule has 1 aromatic heterocycles. The van der Waals surface area contributed by atoms with Gasteiger partial charge in [0.25, 0.3) is 0 Å². The molecule has 2 aliphatic heterocycles. The molecule has 1 unspecified atom stereocenters. The Balaban J connectivity index is 1.40. The zero-order valence-corrected chi connectivity index (χ0v) is 17.4. The summed E-state index contributed by atoms with van der Waals surface area (Å²) < 4.78 is 29.5. The highest BCUT2D eigenvalue weighted by Gasteiger charge is 2.25. The van der Waals surface area contributed by atoms with Gasteiger partial charge in [0.1, 0.15) is 24.0 Å². The summed E-state index contributed by atoms with van der Waals surface area (Å²) in [5, 5.41) is 15.4. The maximum atomic E-state index is 14.1. The van der Waals surface area contributed by atoms with Gasteiger partial charge in [0.2, 0.25) is 0 Å². The molecule has 4 rings (SSSR count). The maximum Gasteiger partial charge on any atom is 0.191 e. The first-order valence-electron chi connectivity index (χ1n) is 10.8. The molecule has 30 heavy (non-hydrogen) atoms. The predicted molar refractivity (Wildman–Crippen MR) is 113 cm³/mol. The lowest BCUT2D eigenvalue weighted by atomic mass is 10.2. The summed E-state index contributed by atoms with van der Waals surface area (Å²) in [5.41, 5.74) is 0.439. The van der Waals surface area contributed by atoms with Crippen molar-refractivity contribution in [1.29, 1.82) is 0 Å². The highest BCUT2D eigenvalue weighted by atomic mass is 19.1. The minimum Gasteiger partial charge on any atom is -0.367 e. The molecule has 0 amide bonds. The van der Waals surface area contributed by atoms with Crippen LogP contribution in [-0.2, 0) is 19.5 Å². The summed E-state index contributed by atoms with van der Waals surface area (Å²) in [5.74, 6) is 1.59. The number of hydrogen-bond donors (Lipinski definition) is 2. The topological polar surface area (TPSA) is 70.4 Å². The number of fused-ring (bicyclic) bond motifs is 1. The number of nitrogens with zero attached hydrogens (tertiary/aromatic N) is 5. The van der Waals surface area contributed by atoms with Gasteiger partial charge in [-0.3, -0.25) is 0 Å². The van der Waals surface area contributed by atoms with Crippen LogP contribution >= 0.6 is 0 Å². The van der Waals surface area contributed by atoms with Gasteiger partial charge in [-0.15, -0.1) is 10.2 Å². The van der Waals surface area contributed by atoms with E-state index in [9.17, 15) is 8.78 Å². The minimum atomic E-state index is -0.557. The van der Waals surface area contributed by atoms with Gasteiger partial charge < -0.3 is 20.1 Å². The first kappa shape index (κ1) is 20.6. The molecule has 0 bridgehead atoms. The zero-order chi connectivity index (χ0) is 20.9. The fourth-order valence-electron chi connectivity index (χ4n) is 4.16. The van der Waals surface area contributed by atoms with Crippen LogP contribution in [0.4, 0.5) is 14.5 Å². The Morgan fingerprint density at radius 2 is 2.10 bits per heavy atom. The molecule has 1 fully saturated rings. The number of hydrogen-bond acceptors (Lipinski definition) is 4. The molecule has 0 spiro atoms. The minimum absolute atomic E-state index is 0.128. The maximum absolute atomic E-state index is 14.1. The van der Waals surface area contributed by atoms with E-state index in [1.807, 2.05) is 11.8 Å². The molecule has 9 heteroatoms. The van der Waals surface area contributed by atoms with Crippen molar-refractivity contribution in [1.82, 2.24) is 25.4 Å². The first-order valence-corrected chi connectivity index (χ1v) is 10.8. The summed E-state index contributed by atoms with van der Waals surface area (Å²) in [6.07, 6.45) is 5.37. The van der Waals surface area contributed by atoms with E-state index in [2.05, 4.69) is 25.4 Å². The van der Waals surface area contributed by atoms with Crippen molar-refractivity contribution in [2.24, 2.45) is 4.99 Å². The van der Waals surface area contributed by atoms with Gasteiger partial charge in [-0.1, -0.05) is 6.42 Å². The Morgan fingerprint density at radius 1 is 1.20 bits per heavy atom.